The van der Waals surface area contributed by atoms with E-state index in [1.165, 1.54) is 4.90 Å². The molecule has 0 N–H and O–H groups in total. The Labute approximate surface area is 105 Å². The predicted octanol–water partition coefficient (Wildman–Crippen LogP) is 1.39. The van der Waals surface area contributed by atoms with Crippen LogP contribution in [0.4, 0.5) is 0 Å². The first-order valence-corrected chi connectivity index (χ1v) is 5.45. The van der Waals surface area contributed by atoms with Crippen LogP contribution in [0.2, 0.25) is 0 Å². The van der Waals surface area contributed by atoms with Crippen molar-refractivity contribution in [1.29, 1.82) is 0 Å². The van der Waals surface area contributed by atoms with Gasteiger partial charge in [-0.3, -0.25) is 9.59 Å². The van der Waals surface area contributed by atoms with Gasteiger partial charge in [-0.25, -0.2) is 4.68 Å². The summed E-state index contributed by atoms with van der Waals surface area (Å²) in [6.07, 6.45) is 2.47. The van der Waals surface area contributed by atoms with E-state index in [0.29, 0.717) is 11.3 Å². The molecular formula is C13H13N3O2. The lowest BCUT2D eigenvalue weighted by Crippen LogP contribution is -2.22. The lowest BCUT2D eigenvalue weighted by atomic mass is 10.2. The van der Waals surface area contributed by atoms with Crippen LogP contribution in [0.15, 0.2) is 36.5 Å². The number of rotatable bonds is 3. The van der Waals surface area contributed by atoms with E-state index in [2.05, 4.69) is 5.10 Å². The summed E-state index contributed by atoms with van der Waals surface area (Å²) in [4.78, 5) is 23.9. The molecule has 1 aromatic heterocycles. The number of benzene rings is 1. The Balaban J connectivity index is 2.34. The van der Waals surface area contributed by atoms with Crippen LogP contribution >= 0.6 is 0 Å². The van der Waals surface area contributed by atoms with Gasteiger partial charge in [-0.1, -0.05) is 12.1 Å². The van der Waals surface area contributed by atoms with Crippen LogP contribution in [0.1, 0.15) is 20.8 Å². The van der Waals surface area contributed by atoms with E-state index < -0.39 is 0 Å². The second-order valence-corrected chi connectivity index (χ2v) is 4.06. The van der Waals surface area contributed by atoms with Crippen molar-refractivity contribution in [3.8, 4) is 5.69 Å². The average molecular weight is 243 g/mol. The molecule has 2 aromatic rings. The van der Waals surface area contributed by atoms with Crippen LogP contribution in [0.5, 0.6) is 0 Å². The standard InChI is InChI=1S/C13H13N3O2/c1-15(2)13(18)12-6-7-16(14-12)11-5-3-4-10(8-11)9-17/h3-9H,1-2H3. The third-order valence-corrected chi connectivity index (χ3v) is 2.49. The van der Waals surface area contributed by atoms with Crippen LogP contribution in [-0.4, -0.2) is 41.0 Å². The molecule has 0 spiro atoms. The lowest BCUT2D eigenvalue weighted by Gasteiger charge is -2.07. The van der Waals surface area contributed by atoms with Crippen LogP contribution in [0.25, 0.3) is 5.69 Å². The van der Waals surface area contributed by atoms with Gasteiger partial charge in [0.1, 0.15) is 6.29 Å². The van der Waals surface area contributed by atoms with Crippen LogP contribution in [-0.2, 0) is 0 Å². The van der Waals surface area contributed by atoms with Crippen molar-refractivity contribution in [3.05, 3.63) is 47.8 Å². The maximum atomic E-state index is 11.7. The van der Waals surface area contributed by atoms with Gasteiger partial charge in [0, 0.05) is 25.9 Å². The normalized spacial score (nSPS) is 10.1. The summed E-state index contributed by atoms with van der Waals surface area (Å²) in [6, 6.07) is 8.67. The highest BCUT2D eigenvalue weighted by atomic mass is 16.2. The minimum absolute atomic E-state index is 0.153. The second-order valence-electron chi connectivity index (χ2n) is 4.06. The summed E-state index contributed by atoms with van der Waals surface area (Å²) in [7, 11) is 3.35. The molecule has 0 atom stereocenters. The largest absolute Gasteiger partial charge is 0.343 e. The molecule has 0 saturated heterocycles. The third-order valence-electron chi connectivity index (χ3n) is 2.49. The highest BCUT2D eigenvalue weighted by Gasteiger charge is 2.11. The smallest absolute Gasteiger partial charge is 0.273 e. The quantitative estimate of drug-likeness (QED) is 0.765. The maximum absolute atomic E-state index is 11.7. The minimum Gasteiger partial charge on any atom is -0.343 e. The van der Waals surface area contributed by atoms with E-state index in [1.54, 1.807) is 49.2 Å². The molecule has 0 aliphatic heterocycles. The van der Waals surface area contributed by atoms with Gasteiger partial charge in [-0.2, -0.15) is 5.10 Å². The number of carbonyl (C=O) groups is 2. The zero-order valence-corrected chi connectivity index (χ0v) is 10.2. The van der Waals surface area contributed by atoms with E-state index in [9.17, 15) is 9.59 Å². The fourth-order valence-electron chi connectivity index (χ4n) is 1.55. The first-order valence-electron chi connectivity index (χ1n) is 5.45. The summed E-state index contributed by atoms with van der Waals surface area (Å²) in [5.74, 6) is -0.153. The zero-order chi connectivity index (χ0) is 13.1. The predicted molar refractivity (Wildman–Crippen MR) is 67.0 cm³/mol. The number of nitrogens with zero attached hydrogens (tertiary/aromatic N) is 3. The zero-order valence-electron chi connectivity index (χ0n) is 10.2. The van der Waals surface area contributed by atoms with Gasteiger partial charge in [-0.15, -0.1) is 0 Å². The monoisotopic (exact) mass is 243 g/mol. The molecule has 1 heterocycles. The summed E-state index contributed by atoms with van der Waals surface area (Å²) in [6.45, 7) is 0. The fourth-order valence-corrected chi connectivity index (χ4v) is 1.55. The van der Waals surface area contributed by atoms with Gasteiger partial charge in [0.25, 0.3) is 5.91 Å². The van der Waals surface area contributed by atoms with Crippen LogP contribution in [0.3, 0.4) is 0 Å². The van der Waals surface area contributed by atoms with Crippen molar-refractivity contribution in [3.63, 3.8) is 0 Å². The van der Waals surface area contributed by atoms with Gasteiger partial charge < -0.3 is 4.90 Å². The molecule has 0 saturated carbocycles. The van der Waals surface area contributed by atoms with Crippen molar-refractivity contribution in [2.45, 2.75) is 0 Å². The first kappa shape index (κ1) is 12.0. The Bertz CT molecular complexity index is 587. The minimum atomic E-state index is -0.153. The fraction of sp³-hybridized carbons (Fsp3) is 0.154. The molecule has 1 aromatic carbocycles. The number of hydrogen-bond acceptors (Lipinski definition) is 3. The van der Waals surface area contributed by atoms with E-state index in [-0.39, 0.29) is 5.91 Å². The summed E-state index contributed by atoms with van der Waals surface area (Å²) in [5, 5.41) is 4.19. The summed E-state index contributed by atoms with van der Waals surface area (Å²) >= 11 is 0. The second kappa shape index (κ2) is 4.83. The van der Waals surface area contributed by atoms with E-state index >= 15 is 0 Å². The highest BCUT2D eigenvalue weighted by molar-refractivity contribution is 5.91. The molecule has 1 amide bonds. The van der Waals surface area contributed by atoms with Crippen LogP contribution < -0.4 is 0 Å². The molecule has 18 heavy (non-hydrogen) atoms. The van der Waals surface area contributed by atoms with Gasteiger partial charge in [0.15, 0.2) is 5.69 Å². The molecule has 0 fully saturated rings. The molecule has 0 aliphatic rings. The Morgan fingerprint density at radius 3 is 2.78 bits per heavy atom. The molecule has 0 bridgehead atoms. The van der Waals surface area contributed by atoms with Gasteiger partial charge in [-0.05, 0) is 18.2 Å². The molecular weight excluding hydrogens is 230 g/mol. The summed E-state index contributed by atoms with van der Waals surface area (Å²) in [5.41, 5.74) is 1.69. The van der Waals surface area contributed by atoms with Crippen LogP contribution in [0, 0.1) is 0 Å². The highest BCUT2D eigenvalue weighted by Crippen LogP contribution is 2.10. The Hall–Kier alpha value is -2.43. The SMILES string of the molecule is CN(C)C(=O)c1ccn(-c2cccc(C=O)c2)n1. The molecule has 5 nitrogen and oxygen atoms in total. The Kier molecular flexibility index (Phi) is 3.23. The number of aromatic nitrogens is 2. The number of carbonyl (C=O) groups excluding carboxylic acids is 2. The molecule has 2 rings (SSSR count). The Morgan fingerprint density at radius 1 is 1.33 bits per heavy atom. The lowest BCUT2D eigenvalue weighted by molar-refractivity contribution is 0.0821. The number of hydrogen-bond donors (Lipinski definition) is 0. The first-order chi connectivity index (χ1) is 8.61. The van der Waals surface area contributed by atoms with Gasteiger partial charge in [0.05, 0.1) is 5.69 Å². The average Bonchev–Trinajstić information content (AvgIpc) is 2.87. The van der Waals surface area contributed by atoms with E-state index in [1.807, 2.05) is 6.07 Å². The molecule has 0 aliphatic carbocycles. The molecule has 92 valence electrons. The van der Waals surface area contributed by atoms with Crippen molar-refractivity contribution < 1.29 is 9.59 Å². The van der Waals surface area contributed by atoms with Crippen molar-refractivity contribution >= 4 is 12.2 Å². The molecule has 5 heteroatoms. The molecule has 0 radical (unpaired) electrons. The topological polar surface area (TPSA) is 55.2 Å². The van der Waals surface area contributed by atoms with Crippen molar-refractivity contribution in [2.24, 2.45) is 0 Å². The number of aldehydes is 1. The van der Waals surface area contributed by atoms with Gasteiger partial charge in [0.2, 0.25) is 0 Å². The van der Waals surface area contributed by atoms with Crippen molar-refractivity contribution in [1.82, 2.24) is 14.7 Å². The maximum Gasteiger partial charge on any atom is 0.273 e. The van der Waals surface area contributed by atoms with E-state index in [0.717, 1.165) is 12.0 Å². The van der Waals surface area contributed by atoms with E-state index in [4.69, 9.17) is 0 Å². The summed E-state index contributed by atoms with van der Waals surface area (Å²) < 4.78 is 1.57. The molecule has 0 unspecified atom stereocenters. The number of amides is 1. The van der Waals surface area contributed by atoms with Gasteiger partial charge >= 0.3 is 0 Å². The van der Waals surface area contributed by atoms with Crippen molar-refractivity contribution in [2.75, 3.05) is 14.1 Å². The Morgan fingerprint density at radius 2 is 2.11 bits per heavy atom. The third kappa shape index (κ3) is 2.29.